The number of alkyl halides is 1. The maximum atomic E-state index is 11.2. The van der Waals surface area contributed by atoms with Crippen molar-refractivity contribution in [2.45, 2.75) is 95.3 Å². The normalized spacial score (nSPS) is 22.8. The molecule has 0 aromatic heterocycles. The number of ether oxygens (including phenoxy) is 1. The zero-order chi connectivity index (χ0) is 21.1. The van der Waals surface area contributed by atoms with E-state index < -0.39 is 0 Å². The molecule has 2 nitrogen and oxygen atoms in total. The third kappa shape index (κ3) is 7.81. The predicted molar refractivity (Wildman–Crippen MR) is 124 cm³/mol. The largest absolute Gasteiger partial charge is 0.469 e. The van der Waals surface area contributed by atoms with Crippen LogP contribution in [0.5, 0.6) is 0 Å². The summed E-state index contributed by atoms with van der Waals surface area (Å²) >= 11 is 6.73. The summed E-state index contributed by atoms with van der Waals surface area (Å²) in [5.41, 5.74) is 2.85. The van der Waals surface area contributed by atoms with E-state index in [1.54, 1.807) is 0 Å². The third-order valence-corrected chi connectivity index (χ3v) is 6.92. The number of rotatable bonds is 12. The lowest BCUT2D eigenvalue weighted by Crippen LogP contribution is -2.13. The molecule has 29 heavy (non-hydrogen) atoms. The molecule has 0 N–H and O–H groups in total. The summed E-state index contributed by atoms with van der Waals surface area (Å²) in [5.74, 6) is 1.57. The van der Waals surface area contributed by atoms with Gasteiger partial charge in [-0.1, -0.05) is 69.5 Å². The predicted octanol–water partition coefficient (Wildman–Crippen LogP) is 7.76. The summed E-state index contributed by atoms with van der Waals surface area (Å²) in [6.45, 7) is 4.61. The van der Waals surface area contributed by atoms with Gasteiger partial charge in [-0.3, -0.25) is 4.79 Å². The number of carbonyl (C=O) groups is 1. The second-order valence-corrected chi connectivity index (χ2v) is 9.18. The van der Waals surface area contributed by atoms with Crippen molar-refractivity contribution in [3.63, 3.8) is 0 Å². The minimum atomic E-state index is -0.123. The molecule has 2 rings (SSSR count). The number of hydrogen-bond acceptors (Lipinski definition) is 2. The van der Waals surface area contributed by atoms with Crippen LogP contribution in [0.15, 0.2) is 36.4 Å². The van der Waals surface area contributed by atoms with Gasteiger partial charge in [0.15, 0.2) is 0 Å². The van der Waals surface area contributed by atoms with Gasteiger partial charge in [-0.25, -0.2) is 0 Å². The number of hydrogen-bond donors (Lipinski definition) is 0. The average Bonchev–Trinajstić information content (AvgIpc) is 3.10. The molecule has 1 aromatic carbocycles. The van der Waals surface area contributed by atoms with Crippen molar-refractivity contribution in [2.75, 3.05) is 7.11 Å². The monoisotopic (exact) mass is 418 g/mol. The molecule has 0 amide bonds. The molecular weight excluding hydrogens is 380 g/mol. The zero-order valence-corrected chi connectivity index (χ0v) is 19.3. The molecule has 162 valence electrons. The summed E-state index contributed by atoms with van der Waals surface area (Å²) in [7, 11) is 1.45. The first-order valence-electron chi connectivity index (χ1n) is 11.5. The molecule has 3 heteroatoms. The number of allylic oxidation sites excluding steroid dienone is 2. The fourth-order valence-electron chi connectivity index (χ4n) is 4.54. The lowest BCUT2D eigenvalue weighted by atomic mass is 9.85. The SMILES string of the molecule is CCCCCC(C)c1ccc(C2C(Cl)CCC2CC=CCCCC(=O)OC)cc1. The van der Waals surface area contributed by atoms with Crippen LogP contribution in [-0.2, 0) is 9.53 Å². The van der Waals surface area contributed by atoms with Gasteiger partial charge in [-0.05, 0) is 61.5 Å². The average molecular weight is 419 g/mol. The third-order valence-electron chi connectivity index (χ3n) is 6.43. The molecule has 0 bridgehead atoms. The molecule has 0 aliphatic heterocycles. The molecule has 1 aromatic rings. The van der Waals surface area contributed by atoms with Gasteiger partial charge in [-0.2, -0.15) is 0 Å². The second-order valence-electron chi connectivity index (χ2n) is 8.62. The van der Waals surface area contributed by atoms with Gasteiger partial charge in [-0.15, -0.1) is 11.6 Å². The molecule has 1 aliphatic rings. The molecule has 0 heterocycles. The van der Waals surface area contributed by atoms with E-state index in [1.807, 2.05) is 0 Å². The fourth-order valence-corrected chi connectivity index (χ4v) is 5.02. The Morgan fingerprint density at radius 1 is 1.17 bits per heavy atom. The second kappa shape index (κ2) is 13.1. The molecule has 0 spiro atoms. The Kier molecular flexibility index (Phi) is 10.8. The van der Waals surface area contributed by atoms with Gasteiger partial charge in [0.1, 0.15) is 0 Å². The summed E-state index contributed by atoms with van der Waals surface area (Å²) in [6, 6.07) is 9.30. The zero-order valence-electron chi connectivity index (χ0n) is 18.5. The van der Waals surface area contributed by atoms with E-state index in [9.17, 15) is 4.79 Å². The maximum Gasteiger partial charge on any atom is 0.305 e. The van der Waals surface area contributed by atoms with Gasteiger partial charge in [0.2, 0.25) is 0 Å². The molecule has 0 radical (unpaired) electrons. The Morgan fingerprint density at radius 2 is 1.93 bits per heavy atom. The van der Waals surface area contributed by atoms with Crippen LogP contribution in [0.3, 0.4) is 0 Å². The molecule has 1 saturated carbocycles. The Labute approximate surface area is 183 Å². The lowest BCUT2D eigenvalue weighted by Gasteiger charge is -2.22. The Hall–Kier alpha value is -1.28. The van der Waals surface area contributed by atoms with E-state index in [2.05, 4.69) is 55.0 Å². The van der Waals surface area contributed by atoms with E-state index in [-0.39, 0.29) is 11.3 Å². The van der Waals surface area contributed by atoms with Crippen LogP contribution in [0.25, 0.3) is 0 Å². The topological polar surface area (TPSA) is 26.3 Å². The number of carbonyl (C=O) groups excluding carboxylic acids is 1. The quantitative estimate of drug-likeness (QED) is 0.150. The first kappa shape index (κ1) is 24.0. The molecule has 1 fully saturated rings. The molecule has 4 atom stereocenters. The highest BCUT2D eigenvalue weighted by atomic mass is 35.5. The Morgan fingerprint density at radius 3 is 2.62 bits per heavy atom. The first-order chi connectivity index (χ1) is 14.1. The van der Waals surface area contributed by atoms with Crippen molar-refractivity contribution in [3.8, 4) is 0 Å². The standard InChI is InChI=1S/C26H39ClO2/c1-4-5-8-11-20(2)21-14-16-23(17-15-21)26-22(18-19-24(26)27)12-9-6-7-10-13-25(28)29-3/h6,9,14-17,20,22,24,26H,4-5,7-8,10-13,18-19H2,1-3H3. The summed E-state index contributed by atoms with van der Waals surface area (Å²) in [4.78, 5) is 11.2. The van der Waals surface area contributed by atoms with Crippen LogP contribution in [0.1, 0.15) is 101 Å². The number of benzene rings is 1. The summed E-state index contributed by atoms with van der Waals surface area (Å²) in [5, 5.41) is 0.237. The maximum absolute atomic E-state index is 11.2. The van der Waals surface area contributed by atoms with E-state index >= 15 is 0 Å². The Balaban J connectivity index is 1.87. The molecule has 1 aliphatic carbocycles. The smallest absolute Gasteiger partial charge is 0.305 e. The molecule has 4 unspecified atom stereocenters. The van der Waals surface area contributed by atoms with Gasteiger partial charge in [0.25, 0.3) is 0 Å². The fraction of sp³-hybridized carbons (Fsp3) is 0.654. The Bertz CT molecular complexity index is 622. The van der Waals surface area contributed by atoms with Gasteiger partial charge in [0.05, 0.1) is 7.11 Å². The van der Waals surface area contributed by atoms with Crippen molar-refractivity contribution < 1.29 is 9.53 Å². The number of unbranched alkanes of at least 4 members (excludes halogenated alkanes) is 3. The van der Waals surface area contributed by atoms with Crippen LogP contribution >= 0.6 is 11.6 Å². The van der Waals surface area contributed by atoms with Gasteiger partial charge in [0, 0.05) is 17.7 Å². The van der Waals surface area contributed by atoms with Crippen molar-refractivity contribution in [3.05, 3.63) is 47.5 Å². The number of halogens is 1. The van der Waals surface area contributed by atoms with E-state index in [0.29, 0.717) is 24.2 Å². The lowest BCUT2D eigenvalue weighted by molar-refractivity contribution is -0.140. The molecule has 0 saturated heterocycles. The van der Waals surface area contributed by atoms with Gasteiger partial charge >= 0.3 is 5.97 Å². The van der Waals surface area contributed by atoms with Crippen LogP contribution in [-0.4, -0.2) is 18.5 Å². The van der Waals surface area contributed by atoms with Gasteiger partial charge < -0.3 is 4.74 Å². The van der Waals surface area contributed by atoms with E-state index in [4.69, 9.17) is 11.6 Å². The summed E-state index contributed by atoms with van der Waals surface area (Å²) in [6.07, 6.45) is 15.4. The minimum Gasteiger partial charge on any atom is -0.469 e. The van der Waals surface area contributed by atoms with Crippen LogP contribution in [0, 0.1) is 5.92 Å². The first-order valence-corrected chi connectivity index (χ1v) is 12.0. The van der Waals surface area contributed by atoms with Crippen LogP contribution in [0.2, 0.25) is 0 Å². The van der Waals surface area contributed by atoms with Crippen molar-refractivity contribution in [1.29, 1.82) is 0 Å². The van der Waals surface area contributed by atoms with Crippen molar-refractivity contribution in [2.24, 2.45) is 5.92 Å². The van der Waals surface area contributed by atoms with Crippen molar-refractivity contribution in [1.82, 2.24) is 0 Å². The van der Waals surface area contributed by atoms with Crippen molar-refractivity contribution >= 4 is 17.6 Å². The number of esters is 1. The number of methoxy groups -OCH3 is 1. The highest BCUT2D eigenvalue weighted by Gasteiger charge is 2.35. The highest BCUT2D eigenvalue weighted by Crippen LogP contribution is 2.45. The summed E-state index contributed by atoms with van der Waals surface area (Å²) < 4.78 is 4.68. The highest BCUT2D eigenvalue weighted by molar-refractivity contribution is 6.21. The van der Waals surface area contributed by atoms with Crippen LogP contribution < -0.4 is 0 Å². The minimum absolute atomic E-state index is 0.123. The van der Waals surface area contributed by atoms with E-state index in [0.717, 1.165) is 25.7 Å². The van der Waals surface area contributed by atoms with Crippen LogP contribution in [0.4, 0.5) is 0 Å². The van der Waals surface area contributed by atoms with E-state index in [1.165, 1.54) is 50.3 Å². The molecular formula is C26H39ClO2.